The van der Waals surface area contributed by atoms with Crippen molar-refractivity contribution in [3.05, 3.63) is 18.2 Å². The molecule has 1 atom stereocenters. The first-order chi connectivity index (χ1) is 10.2. The van der Waals surface area contributed by atoms with Crippen LogP contribution in [0.15, 0.2) is 12.4 Å². The number of nitrogens with zero attached hydrogens (tertiary/aromatic N) is 4. The summed E-state index contributed by atoms with van der Waals surface area (Å²) in [5, 5.41) is 0. The van der Waals surface area contributed by atoms with Crippen LogP contribution in [0.2, 0.25) is 0 Å². The number of carbonyl (C=O) groups excluding carboxylic acids is 1. The van der Waals surface area contributed by atoms with Crippen LogP contribution in [0.3, 0.4) is 0 Å². The molecule has 0 saturated carbocycles. The van der Waals surface area contributed by atoms with Gasteiger partial charge in [0.1, 0.15) is 6.10 Å². The van der Waals surface area contributed by atoms with Gasteiger partial charge >= 0.3 is 12.0 Å². The van der Waals surface area contributed by atoms with E-state index in [1.165, 1.54) is 0 Å². The maximum atomic E-state index is 12.7. The number of aromatic nitrogens is 2. The monoisotopic (exact) mass is 296 g/mol. The molecule has 0 bridgehead atoms. The first-order valence-corrected chi connectivity index (χ1v) is 6.98. The molecule has 0 spiro atoms. The lowest BCUT2D eigenvalue weighted by atomic mass is 10.3. The maximum Gasteiger partial charge on any atom is 0.320 e. The fraction of sp³-hybridized carbons (Fsp3) is 0.615. The van der Waals surface area contributed by atoms with Crippen LogP contribution in [0.4, 0.5) is 9.18 Å². The van der Waals surface area contributed by atoms with E-state index in [4.69, 9.17) is 9.47 Å². The number of urea groups is 1. The summed E-state index contributed by atoms with van der Waals surface area (Å²) in [6.07, 6.45) is 2.69. The number of morpholine rings is 1. The predicted octanol–water partition coefficient (Wildman–Crippen LogP) is 0.521. The molecule has 21 heavy (non-hydrogen) atoms. The SMILES string of the molecule is O=C(N1CCOCC1)N1CC[C@H](Oc2ncc(F)cn2)C1. The summed E-state index contributed by atoms with van der Waals surface area (Å²) in [5.41, 5.74) is 0. The van der Waals surface area contributed by atoms with Crippen LogP contribution in [-0.2, 0) is 4.74 Å². The fourth-order valence-electron chi connectivity index (χ4n) is 2.46. The average molecular weight is 296 g/mol. The van der Waals surface area contributed by atoms with E-state index in [1.807, 2.05) is 0 Å². The van der Waals surface area contributed by atoms with Crippen molar-refractivity contribution < 1.29 is 18.7 Å². The largest absolute Gasteiger partial charge is 0.458 e. The van der Waals surface area contributed by atoms with Crippen LogP contribution in [-0.4, -0.2) is 71.3 Å². The number of halogens is 1. The smallest absolute Gasteiger partial charge is 0.320 e. The van der Waals surface area contributed by atoms with Crippen molar-refractivity contribution in [2.24, 2.45) is 0 Å². The molecule has 0 unspecified atom stereocenters. The molecule has 2 aliphatic heterocycles. The first-order valence-electron chi connectivity index (χ1n) is 6.98. The van der Waals surface area contributed by atoms with E-state index >= 15 is 0 Å². The van der Waals surface area contributed by atoms with Gasteiger partial charge in [0, 0.05) is 26.1 Å². The van der Waals surface area contributed by atoms with Crippen molar-refractivity contribution in [2.75, 3.05) is 39.4 Å². The summed E-state index contributed by atoms with van der Waals surface area (Å²) in [7, 11) is 0. The molecule has 0 aliphatic carbocycles. The third-order valence-electron chi connectivity index (χ3n) is 3.57. The zero-order valence-electron chi connectivity index (χ0n) is 11.6. The van der Waals surface area contributed by atoms with Gasteiger partial charge in [0.15, 0.2) is 5.82 Å². The van der Waals surface area contributed by atoms with E-state index in [0.29, 0.717) is 39.4 Å². The van der Waals surface area contributed by atoms with Gasteiger partial charge in [-0.1, -0.05) is 0 Å². The second kappa shape index (κ2) is 6.21. The molecular weight excluding hydrogens is 279 g/mol. The van der Waals surface area contributed by atoms with Gasteiger partial charge in [-0.05, 0) is 0 Å². The number of hydrogen-bond donors (Lipinski definition) is 0. The molecule has 3 heterocycles. The highest BCUT2D eigenvalue weighted by Gasteiger charge is 2.31. The molecule has 2 aliphatic rings. The van der Waals surface area contributed by atoms with Gasteiger partial charge < -0.3 is 19.3 Å². The normalized spacial score (nSPS) is 22.4. The number of rotatable bonds is 2. The van der Waals surface area contributed by atoms with Crippen LogP contribution in [0.25, 0.3) is 0 Å². The molecule has 7 nitrogen and oxygen atoms in total. The molecular formula is C13H17FN4O3. The molecule has 114 valence electrons. The predicted molar refractivity (Wildman–Crippen MR) is 70.4 cm³/mol. The summed E-state index contributed by atoms with van der Waals surface area (Å²) in [5.74, 6) is -0.502. The van der Waals surface area contributed by atoms with Gasteiger partial charge in [0.2, 0.25) is 0 Å². The quantitative estimate of drug-likeness (QED) is 0.796. The van der Waals surface area contributed by atoms with E-state index in [0.717, 1.165) is 18.8 Å². The van der Waals surface area contributed by atoms with Crippen LogP contribution < -0.4 is 4.74 Å². The van der Waals surface area contributed by atoms with E-state index in [1.54, 1.807) is 9.80 Å². The van der Waals surface area contributed by atoms with Gasteiger partial charge in [-0.25, -0.2) is 19.2 Å². The zero-order valence-corrected chi connectivity index (χ0v) is 11.6. The minimum Gasteiger partial charge on any atom is -0.458 e. The molecule has 2 saturated heterocycles. The molecule has 0 N–H and O–H groups in total. The number of amides is 2. The summed E-state index contributed by atoms with van der Waals surface area (Å²) >= 11 is 0. The van der Waals surface area contributed by atoms with Crippen LogP contribution in [0.1, 0.15) is 6.42 Å². The highest BCUT2D eigenvalue weighted by Crippen LogP contribution is 2.17. The van der Waals surface area contributed by atoms with E-state index in [9.17, 15) is 9.18 Å². The maximum absolute atomic E-state index is 12.7. The van der Waals surface area contributed by atoms with E-state index in [-0.39, 0.29) is 18.1 Å². The minimum absolute atomic E-state index is 0.0180. The Kier molecular flexibility index (Phi) is 4.14. The molecule has 0 aromatic carbocycles. The highest BCUT2D eigenvalue weighted by molar-refractivity contribution is 5.74. The third-order valence-corrected chi connectivity index (χ3v) is 3.57. The Morgan fingerprint density at radius 3 is 2.67 bits per heavy atom. The van der Waals surface area contributed by atoms with Crippen molar-refractivity contribution >= 4 is 6.03 Å². The molecule has 8 heteroatoms. The fourth-order valence-corrected chi connectivity index (χ4v) is 2.46. The van der Waals surface area contributed by atoms with Crippen molar-refractivity contribution in [3.63, 3.8) is 0 Å². The van der Waals surface area contributed by atoms with Gasteiger partial charge in [-0.2, -0.15) is 0 Å². The average Bonchev–Trinajstić information content (AvgIpc) is 2.98. The lowest BCUT2D eigenvalue weighted by molar-refractivity contribution is 0.0442. The Bertz CT molecular complexity index is 493. The van der Waals surface area contributed by atoms with Gasteiger partial charge in [0.05, 0.1) is 32.2 Å². The van der Waals surface area contributed by atoms with Crippen molar-refractivity contribution in [2.45, 2.75) is 12.5 Å². The van der Waals surface area contributed by atoms with Crippen LogP contribution in [0, 0.1) is 5.82 Å². The number of likely N-dealkylation sites (tertiary alicyclic amines) is 1. The molecule has 2 amide bonds. The molecule has 0 radical (unpaired) electrons. The van der Waals surface area contributed by atoms with Crippen molar-refractivity contribution in [3.8, 4) is 6.01 Å². The number of carbonyl (C=O) groups is 1. The van der Waals surface area contributed by atoms with Crippen LogP contribution >= 0.6 is 0 Å². The van der Waals surface area contributed by atoms with Crippen LogP contribution in [0.5, 0.6) is 6.01 Å². The standard InChI is InChI=1S/C13H17FN4O3/c14-10-7-15-12(16-8-10)21-11-1-2-18(9-11)13(19)17-3-5-20-6-4-17/h7-8,11H,1-6,9H2/t11-/m0/s1. The topological polar surface area (TPSA) is 67.8 Å². The minimum atomic E-state index is -0.502. The first kappa shape index (κ1) is 14.0. The summed E-state index contributed by atoms with van der Waals surface area (Å²) in [6, 6.07) is 0.159. The van der Waals surface area contributed by atoms with Gasteiger partial charge in [0.25, 0.3) is 0 Å². The molecule has 2 fully saturated rings. The zero-order chi connectivity index (χ0) is 14.7. The third kappa shape index (κ3) is 3.38. The van der Waals surface area contributed by atoms with Crippen molar-refractivity contribution in [1.29, 1.82) is 0 Å². The van der Waals surface area contributed by atoms with Crippen molar-refractivity contribution in [1.82, 2.24) is 19.8 Å². The Balaban J connectivity index is 1.52. The molecule has 1 aromatic heterocycles. The Morgan fingerprint density at radius 1 is 1.24 bits per heavy atom. The lowest BCUT2D eigenvalue weighted by Crippen LogP contribution is -2.47. The number of hydrogen-bond acceptors (Lipinski definition) is 5. The van der Waals surface area contributed by atoms with Gasteiger partial charge in [-0.15, -0.1) is 0 Å². The second-order valence-electron chi connectivity index (χ2n) is 5.04. The summed E-state index contributed by atoms with van der Waals surface area (Å²) in [4.78, 5) is 23.4. The Labute approximate surface area is 121 Å². The second-order valence-corrected chi connectivity index (χ2v) is 5.04. The Morgan fingerprint density at radius 2 is 1.95 bits per heavy atom. The summed E-state index contributed by atoms with van der Waals surface area (Å²) < 4.78 is 23.5. The molecule has 3 rings (SSSR count). The van der Waals surface area contributed by atoms with E-state index in [2.05, 4.69) is 9.97 Å². The highest BCUT2D eigenvalue weighted by atomic mass is 19.1. The Hall–Kier alpha value is -1.96. The lowest BCUT2D eigenvalue weighted by Gasteiger charge is -2.30. The molecule has 1 aromatic rings. The number of ether oxygens (including phenoxy) is 2. The van der Waals surface area contributed by atoms with E-state index < -0.39 is 5.82 Å². The van der Waals surface area contributed by atoms with Gasteiger partial charge in [-0.3, -0.25) is 0 Å². The summed E-state index contributed by atoms with van der Waals surface area (Å²) in [6.45, 7) is 3.56.